The van der Waals surface area contributed by atoms with Crippen LogP contribution in [0.3, 0.4) is 0 Å². The molecule has 0 bridgehead atoms. The van der Waals surface area contributed by atoms with Gasteiger partial charge in [0.2, 0.25) is 10.7 Å². The molecule has 0 atom stereocenters. The SMILES string of the molecule is Cc1cc(C(=O)Nc2nnc(C(C)(C)C)s2)cc(=O)[nH]1. The number of H-pyrrole nitrogens is 1. The molecular weight excluding hydrogens is 276 g/mol. The van der Waals surface area contributed by atoms with Crippen molar-refractivity contribution in [1.29, 1.82) is 0 Å². The number of pyridine rings is 1. The van der Waals surface area contributed by atoms with Gasteiger partial charge in [-0.3, -0.25) is 14.9 Å². The van der Waals surface area contributed by atoms with E-state index in [2.05, 4.69) is 20.5 Å². The Bertz CT molecular complexity index is 697. The maximum atomic E-state index is 12.1. The van der Waals surface area contributed by atoms with E-state index in [1.807, 2.05) is 20.8 Å². The van der Waals surface area contributed by atoms with Crippen molar-refractivity contribution in [1.82, 2.24) is 15.2 Å². The quantitative estimate of drug-likeness (QED) is 0.887. The van der Waals surface area contributed by atoms with Gasteiger partial charge in [-0.2, -0.15) is 0 Å². The number of carbonyl (C=O) groups is 1. The fraction of sp³-hybridized carbons (Fsp3) is 0.385. The zero-order valence-electron chi connectivity index (χ0n) is 11.8. The van der Waals surface area contributed by atoms with Gasteiger partial charge in [-0.25, -0.2) is 0 Å². The zero-order chi connectivity index (χ0) is 14.9. The third-order valence-electron chi connectivity index (χ3n) is 2.53. The molecule has 0 saturated carbocycles. The molecule has 20 heavy (non-hydrogen) atoms. The number of aryl methyl sites for hydroxylation is 1. The van der Waals surface area contributed by atoms with E-state index in [0.29, 0.717) is 16.4 Å². The predicted molar refractivity (Wildman–Crippen MR) is 78.4 cm³/mol. The van der Waals surface area contributed by atoms with Gasteiger partial charge in [-0.15, -0.1) is 10.2 Å². The van der Waals surface area contributed by atoms with Crippen LogP contribution in [-0.2, 0) is 5.41 Å². The van der Waals surface area contributed by atoms with Gasteiger partial charge in [-0.1, -0.05) is 32.1 Å². The number of aromatic nitrogens is 3. The summed E-state index contributed by atoms with van der Waals surface area (Å²) in [7, 11) is 0. The van der Waals surface area contributed by atoms with Gasteiger partial charge in [-0.05, 0) is 13.0 Å². The maximum absolute atomic E-state index is 12.1. The molecule has 2 rings (SSSR count). The number of rotatable bonds is 2. The van der Waals surface area contributed by atoms with Crippen molar-refractivity contribution in [3.05, 3.63) is 38.8 Å². The molecule has 0 aromatic carbocycles. The van der Waals surface area contributed by atoms with Crippen LogP contribution in [0.5, 0.6) is 0 Å². The Morgan fingerprint density at radius 1 is 1.30 bits per heavy atom. The Hall–Kier alpha value is -2.02. The first-order chi connectivity index (χ1) is 9.25. The van der Waals surface area contributed by atoms with Crippen LogP contribution < -0.4 is 10.9 Å². The Morgan fingerprint density at radius 3 is 2.55 bits per heavy atom. The van der Waals surface area contributed by atoms with Crippen LogP contribution in [0, 0.1) is 6.92 Å². The van der Waals surface area contributed by atoms with Crippen molar-refractivity contribution in [2.24, 2.45) is 0 Å². The second-order valence-electron chi connectivity index (χ2n) is 5.53. The van der Waals surface area contributed by atoms with Gasteiger partial charge in [0, 0.05) is 22.7 Å². The van der Waals surface area contributed by atoms with Crippen molar-refractivity contribution in [3.8, 4) is 0 Å². The number of hydrogen-bond donors (Lipinski definition) is 2. The van der Waals surface area contributed by atoms with Gasteiger partial charge >= 0.3 is 0 Å². The number of aromatic amines is 1. The molecule has 0 unspecified atom stereocenters. The fourth-order valence-electron chi connectivity index (χ4n) is 1.56. The molecular formula is C13H16N4O2S. The van der Waals surface area contributed by atoms with Gasteiger partial charge in [0.05, 0.1) is 0 Å². The molecule has 0 radical (unpaired) electrons. The smallest absolute Gasteiger partial charge is 0.257 e. The Kier molecular flexibility index (Phi) is 3.71. The van der Waals surface area contributed by atoms with Crippen molar-refractivity contribution in [2.45, 2.75) is 33.1 Å². The van der Waals surface area contributed by atoms with E-state index < -0.39 is 0 Å². The third-order valence-corrected chi connectivity index (χ3v) is 3.79. The van der Waals surface area contributed by atoms with Gasteiger partial charge in [0.1, 0.15) is 5.01 Å². The highest BCUT2D eigenvalue weighted by molar-refractivity contribution is 7.15. The highest BCUT2D eigenvalue weighted by atomic mass is 32.1. The first-order valence-electron chi connectivity index (χ1n) is 6.12. The van der Waals surface area contributed by atoms with E-state index in [4.69, 9.17) is 0 Å². The number of nitrogens with zero attached hydrogens (tertiary/aromatic N) is 2. The van der Waals surface area contributed by atoms with E-state index in [-0.39, 0.29) is 16.9 Å². The third kappa shape index (κ3) is 3.30. The summed E-state index contributed by atoms with van der Waals surface area (Å²) in [5.74, 6) is -0.365. The highest BCUT2D eigenvalue weighted by Gasteiger charge is 2.20. The lowest BCUT2D eigenvalue weighted by Gasteiger charge is -2.12. The van der Waals surface area contributed by atoms with Gasteiger partial charge in [0.15, 0.2) is 0 Å². The number of amides is 1. The molecule has 2 N–H and O–H groups in total. The number of nitrogens with one attached hydrogen (secondary N) is 2. The fourth-order valence-corrected chi connectivity index (χ4v) is 2.36. The lowest BCUT2D eigenvalue weighted by molar-refractivity contribution is 0.102. The predicted octanol–water partition coefficient (Wildman–Crippen LogP) is 2.08. The summed E-state index contributed by atoms with van der Waals surface area (Å²) in [5, 5.41) is 11.9. The largest absolute Gasteiger partial charge is 0.326 e. The minimum Gasteiger partial charge on any atom is -0.326 e. The second-order valence-corrected chi connectivity index (χ2v) is 6.51. The average molecular weight is 292 g/mol. The first-order valence-corrected chi connectivity index (χ1v) is 6.93. The number of carbonyl (C=O) groups excluding carboxylic acids is 1. The van der Waals surface area contributed by atoms with Crippen molar-refractivity contribution in [2.75, 3.05) is 5.32 Å². The molecule has 1 amide bonds. The summed E-state index contributed by atoms with van der Waals surface area (Å²) in [6.07, 6.45) is 0. The molecule has 0 aliphatic carbocycles. The summed E-state index contributed by atoms with van der Waals surface area (Å²) in [5.41, 5.74) is 0.526. The minimum absolute atomic E-state index is 0.110. The number of anilines is 1. The monoisotopic (exact) mass is 292 g/mol. The average Bonchev–Trinajstić information content (AvgIpc) is 2.75. The van der Waals surface area contributed by atoms with E-state index in [1.165, 1.54) is 17.4 Å². The van der Waals surface area contributed by atoms with Crippen LogP contribution in [0.2, 0.25) is 0 Å². The van der Waals surface area contributed by atoms with Gasteiger partial charge < -0.3 is 4.98 Å². The second kappa shape index (κ2) is 5.16. The summed E-state index contributed by atoms with van der Waals surface area (Å²) in [4.78, 5) is 26.0. The van der Waals surface area contributed by atoms with E-state index in [1.54, 1.807) is 13.0 Å². The molecule has 2 heterocycles. The Morgan fingerprint density at radius 2 is 2.00 bits per heavy atom. The molecule has 0 fully saturated rings. The van der Waals surface area contributed by atoms with Crippen LogP contribution in [-0.4, -0.2) is 21.1 Å². The topological polar surface area (TPSA) is 87.7 Å². The van der Waals surface area contributed by atoms with E-state index in [0.717, 1.165) is 5.01 Å². The Balaban J connectivity index is 2.19. The highest BCUT2D eigenvalue weighted by Crippen LogP contribution is 2.27. The van der Waals surface area contributed by atoms with Crippen LogP contribution in [0.15, 0.2) is 16.9 Å². The molecule has 0 aliphatic rings. The summed E-state index contributed by atoms with van der Waals surface area (Å²) < 4.78 is 0. The normalized spacial score (nSPS) is 11.4. The molecule has 0 spiro atoms. The van der Waals surface area contributed by atoms with Crippen LogP contribution >= 0.6 is 11.3 Å². The number of hydrogen-bond acceptors (Lipinski definition) is 5. The van der Waals surface area contributed by atoms with Crippen molar-refractivity contribution in [3.63, 3.8) is 0 Å². The van der Waals surface area contributed by atoms with Crippen molar-refractivity contribution >= 4 is 22.4 Å². The maximum Gasteiger partial charge on any atom is 0.257 e. The molecule has 7 heteroatoms. The van der Waals surface area contributed by atoms with Crippen molar-refractivity contribution < 1.29 is 4.79 Å². The lowest BCUT2D eigenvalue weighted by Crippen LogP contribution is -2.16. The molecule has 6 nitrogen and oxygen atoms in total. The zero-order valence-corrected chi connectivity index (χ0v) is 12.6. The summed E-state index contributed by atoms with van der Waals surface area (Å²) in [6, 6.07) is 2.87. The Labute approximate surface area is 120 Å². The summed E-state index contributed by atoms with van der Waals surface area (Å²) >= 11 is 1.33. The molecule has 0 saturated heterocycles. The summed E-state index contributed by atoms with van der Waals surface area (Å²) in [6.45, 7) is 7.80. The lowest BCUT2D eigenvalue weighted by atomic mass is 9.98. The van der Waals surface area contributed by atoms with Crippen LogP contribution in [0.1, 0.15) is 41.8 Å². The van der Waals surface area contributed by atoms with E-state index in [9.17, 15) is 9.59 Å². The minimum atomic E-state index is -0.365. The van der Waals surface area contributed by atoms with E-state index >= 15 is 0 Å². The van der Waals surface area contributed by atoms with Crippen LogP contribution in [0.25, 0.3) is 0 Å². The first kappa shape index (κ1) is 14.4. The molecule has 2 aromatic rings. The molecule has 2 aromatic heterocycles. The standard InChI is InChI=1S/C13H16N4O2S/c1-7-5-8(6-9(18)14-7)10(19)15-12-17-16-11(20-12)13(2,3)4/h5-6H,1-4H3,(H,14,18)(H,15,17,19). The van der Waals surface area contributed by atoms with Gasteiger partial charge in [0.25, 0.3) is 5.91 Å². The molecule has 106 valence electrons. The molecule has 0 aliphatic heterocycles. The van der Waals surface area contributed by atoms with Crippen LogP contribution in [0.4, 0.5) is 5.13 Å².